The Bertz CT molecular complexity index is 955. The van der Waals surface area contributed by atoms with Gasteiger partial charge in [-0.3, -0.25) is 0 Å². The Balaban J connectivity index is 1.44. The average Bonchev–Trinajstić information content (AvgIpc) is 2.74. The minimum absolute atomic E-state index is 0.286. The highest BCUT2D eigenvalue weighted by Gasteiger charge is 2.33. The number of hydrogen-bond acceptors (Lipinski definition) is 4. The van der Waals surface area contributed by atoms with Crippen LogP contribution >= 0.6 is 15.9 Å². The van der Waals surface area contributed by atoms with E-state index in [0.717, 1.165) is 30.2 Å². The maximum Gasteiger partial charge on any atom is 0.243 e. The summed E-state index contributed by atoms with van der Waals surface area (Å²) in [5.41, 5.74) is 3.56. The first-order valence-electron chi connectivity index (χ1n) is 10.2. The van der Waals surface area contributed by atoms with Gasteiger partial charge in [0.1, 0.15) is 6.73 Å². The summed E-state index contributed by atoms with van der Waals surface area (Å²) in [5, 5.41) is 0. The summed E-state index contributed by atoms with van der Waals surface area (Å²) in [4.78, 5) is 2.68. The minimum Gasteiger partial charge on any atom is -0.356 e. The standard InChI is InChI=1S/C22H27BrN2O3S/c1-2-3-17-4-7-21(8-5-17)29(26,27)24-12-10-20(11-13-24)25-16-28-15-18-14-19(23)6-9-22(18)25/h4-9,14,20H,2-3,10-13,15-16H2,1H3. The molecule has 0 amide bonds. The Labute approximate surface area is 181 Å². The zero-order valence-corrected chi connectivity index (χ0v) is 19.1. The van der Waals surface area contributed by atoms with E-state index in [1.165, 1.54) is 16.8 Å². The van der Waals surface area contributed by atoms with Crippen LogP contribution in [0.2, 0.25) is 0 Å². The maximum atomic E-state index is 13.1. The summed E-state index contributed by atoms with van der Waals surface area (Å²) in [6.45, 7) is 4.37. The molecule has 0 N–H and O–H groups in total. The number of hydrogen-bond donors (Lipinski definition) is 0. The minimum atomic E-state index is -3.44. The molecule has 1 saturated heterocycles. The van der Waals surface area contributed by atoms with E-state index in [2.05, 4.69) is 46.0 Å². The zero-order chi connectivity index (χ0) is 20.4. The molecule has 0 unspecified atom stereocenters. The Morgan fingerprint density at radius 3 is 2.52 bits per heavy atom. The van der Waals surface area contributed by atoms with E-state index in [1.807, 2.05) is 12.1 Å². The molecule has 156 valence electrons. The number of nitrogens with zero attached hydrogens (tertiary/aromatic N) is 2. The fourth-order valence-corrected chi connectivity index (χ4v) is 6.11. The van der Waals surface area contributed by atoms with Crippen molar-refractivity contribution in [1.29, 1.82) is 0 Å². The first kappa shape index (κ1) is 20.8. The van der Waals surface area contributed by atoms with Crippen LogP contribution in [0.3, 0.4) is 0 Å². The van der Waals surface area contributed by atoms with Gasteiger partial charge in [-0.05, 0) is 55.2 Å². The molecule has 5 nitrogen and oxygen atoms in total. The Hall–Kier alpha value is -1.41. The highest BCUT2D eigenvalue weighted by Crippen LogP contribution is 2.33. The monoisotopic (exact) mass is 478 g/mol. The van der Waals surface area contributed by atoms with Gasteiger partial charge in [0.25, 0.3) is 0 Å². The van der Waals surface area contributed by atoms with Crippen molar-refractivity contribution in [2.45, 2.75) is 50.2 Å². The van der Waals surface area contributed by atoms with Gasteiger partial charge in [-0.2, -0.15) is 4.31 Å². The van der Waals surface area contributed by atoms with Gasteiger partial charge in [0.15, 0.2) is 0 Å². The van der Waals surface area contributed by atoms with Crippen molar-refractivity contribution in [3.8, 4) is 0 Å². The molecule has 0 aliphatic carbocycles. The lowest BCUT2D eigenvalue weighted by Gasteiger charge is -2.41. The first-order valence-corrected chi connectivity index (χ1v) is 12.4. The number of anilines is 1. The second-order valence-corrected chi connectivity index (χ2v) is 10.6. The third kappa shape index (κ3) is 4.38. The van der Waals surface area contributed by atoms with Crippen molar-refractivity contribution in [1.82, 2.24) is 4.31 Å². The summed E-state index contributed by atoms with van der Waals surface area (Å²) >= 11 is 3.52. The number of benzene rings is 2. The molecule has 0 radical (unpaired) electrons. The normalized spacial score (nSPS) is 18.6. The summed E-state index contributed by atoms with van der Waals surface area (Å²) in [7, 11) is -3.44. The lowest BCUT2D eigenvalue weighted by atomic mass is 10.0. The molecule has 0 aromatic heterocycles. The zero-order valence-electron chi connectivity index (χ0n) is 16.7. The van der Waals surface area contributed by atoms with Gasteiger partial charge in [-0.15, -0.1) is 0 Å². The summed E-state index contributed by atoms with van der Waals surface area (Å²) in [6.07, 6.45) is 3.62. The van der Waals surface area contributed by atoms with Crippen LogP contribution in [0.5, 0.6) is 0 Å². The lowest BCUT2D eigenvalue weighted by Crippen LogP contribution is -2.48. The van der Waals surface area contributed by atoms with Crippen molar-refractivity contribution in [3.63, 3.8) is 0 Å². The maximum absolute atomic E-state index is 13.1. The van der Waals surface area contributed by atoms with Gasteiger partial charge in [-0.1, -0.05) is 41.4 Å². The number of aryl methyl sites for hydroxylation is 1. The van der Waals surface area contributed by atoms with Crippen LogP contribution in [-0.2, 0) is 27.8 Å². The van der Waals surface area contributed by atoms with E-state index in [0.29, 0.717) is 31.3 Å². The van der Waals surface area contributed by atoms with E-state index in [9.17, 15) is 8.42 Å². The lowest BCUT2D eigenvalue weighted by molar-refractivity contribution is 0.0987. The van der Waals surface area contributed by atoms with Crippen molar-refractivity contribution >= 4 is 31.6 Å². The number of sulfonamides is 1. The fourth-order valence-electron chi connectivity index (χ4n) is 4.24. The van der Waals surface area contributed by atoms with Crippen LogP contribution in [0.25, 0.3) is 0 Å². The van der Waals surface area contributed by atoms with Crippen LogP contribution in [0.4, 0.5) is 5.69 Å². The van der Waals surface area contributed by atoms with Crippen LogP contribution in [0.15, 0.2) is 51.8 Å². The molecule has 1 fully saturated rings. The average molecular weight is 479 g/mol. The topological polar surface area (TPSA) is 49.9 Å². The smallest absolute Gasteiger partial charge is 0.243 e. The van der Waals surface area contributed by atoms with Gasteiger partial charge in [-0.25, -0.2) is 8.42 Å². The molecule has 0 bridgehead atoms. The van der Waals surface area contributed by atoms with Crippen molar-refractivity contribution in [2.24, 2.45) is 0 Å². The number of fused-ring (bicyclic) bond motifs is 1. The van der Waals surface area contributed by atoms with E-state index < -0.39 is 10.0 Å². The summed E-state index contributed by atoms with van der Waals surface area (Å²) in [5.74, 6) is 0. The van der Waals surface area contributed by atoms with Gasteiger partial charge < -0.3 is 9.64 Å². The second kappa shape index (κ2) is 8.76. The highest BCUT2D eigenvalue weighted by molar-refractivity contribution is 9.10. The number of rotatable bonds is 5. The largest absolute Gasteiger partial charge is 0.356 e. The number of piperidine rings is 1. The van der Waals surface area contributed by atoms with Crippen LogP contribution in [0.1, 0.15) is 37.3 Å². The Kier molecular flexibility index (Phi) is 6.30. The molecule has 29 heavy (non-hydrogen) atoms. The predicted molar refractivity (Wildman–Crippen MR) is 118 cm³/mol. The number of halogens is 1. The molecule has 0 atom stereocenters. The third-order valence-corrected chi connectivity index (χ3v) is 8.21. The SMILES string of the molecule is CCCc1ccc(S(=O)(=O)N2CCC(N3COCc4cc(Br)ccc43)CC2)cc1. The van der Waals surface area contributed by atoms with Crippen molar-refractivity contribution < 1.29 is 13.2 Å². The summed E-state index contributed by atoms with van der Waals surface area (Å²) < 4.78 is 34.6. The van der Waals surface area contributed by atoms with Crippen LogP contribution in [0, 0.1) is 0 Å². The van der Waals surface area contributed by atoms with Crippen molar-refractivity contribution in [3.05, 3.63) is 58.1 Å². The van der Waals surface area contributed by atoms with E-state index in [4.69, 9.17) is 4.74 Å². The molecule has 2 aliphatic rings. The molecular formula is C22H27BrN2O3S. The van der Waals surface area contributed by atoms with E-state index in [1.54, 1.807) is 16.4 Å². The van der Waals surface area contributed by atoms with Crippen LogP contribution < -0.4 is 4.90 Å². The molecule has 0 spiro atoms. The van der Waals surface area contributed by atoms with E-state index in [-0.39, 0.29) is 6.04 Å². The quantitative estimate of drug-likeness (QED) is 0.632. The third-order valence-electron chi connectivity index (χ3n) is 5.80. The predicted octanol–water partition coefficient (Wildman–Crippen LogP) is 4.55. The molecule has 4 rings (SSSR count). The van der Waals surface area contributed by atoms with Gasteiger partial charge >= 0.3 is 0 Å². The molecule has 7 heteroatoms. The summed E-state index contributed by atoms with van der Waals surface area (Å²) in [6, 6.07) is 13.9. The Morgan fingerprint density at radius 2 is 1.83 bits per heavy atom. The van der Waals surface area contributed by atoms with Crippen molar-refractivity contribution in [2.75, 3.05) is 24.7 Å². The first-order chi connectivity index (χ1) is 14.0. The molecule has 2 aliphatic heterocycles. The van der Waals surface area contributed by atoms with Gasteiger partial charge in [0, 0.05) is 34.9 Å². The molecular weight excluding hydrogens is 452 g/mol. The van der Waals surface area contributed by atoms with Crippen LogP contribution in [-0.4, -0.2) is 38.6 Å². The highest BCUT2D eigenvalue weighted by atomic mass is 79.9. The molecule has 0 saturated carbocycles. The molecule has 2 aromatic carbocycles. The Morgan fingerprint density at radius 1 is 1.10 bits per heavy atom. The fraction of sp³-hybridized carbons (Fsp3) is 0.455. The second-order valence-electron chi connectivity index (χ2n) is 7.75. The molecule has 2 heterocycles. The van der Waals surface area contributed by atoms with Gasteiger partial charge in [0.2, 0.25) is 10.0 Å². The van der Waals surface area contributed by atoms with Gasteiger partial charge in [0.05, 0.1) is 11.5 Å². The molecule has 2 aromatic rings. The number of ether oxygens (including phenoxy) is 1. The van der Waals surface area contributed by atoms with E-state index >= 15 is 0 Å².